The third-order valence-corrected chi connectivity index (χ3v) is 3.78. The summed E-state index contributed by atoms with van der Waals surface area (Å²) in [5.74, 6) is 0.733. The largest absolute Gasteiger partial charge is 0.491 e. The zero-order valence-electron chi connectivity index (χ0n) is 15.3. The Labute approximate surface area is 156 Å². The number of amides is 1. The second-order valence-corrected chi connectivity index (χ2v) is 6.14. The van der Waals surface area contributed by atoms with Crippen LogP contribution in [0.25, 0.3) is 0 Å². The summed E-state index contributed by atoms with van der Waals surface area (Å²) in [7, 11) is 0. The Morgan fingerprint density at radius 1 is 1.04 bits per heavy atom. The molecule has 140 valence electrons. The van der Waals surface area contributed by atoms with Crippen LogP contribution in [0.4, 0.5) is 5.69 Å². The van der Waals surface area contributed by atoms with E-state index in [9.17, 15) is 4.79 Å². The first-order valence-electron chi connectivity index (χ1n) is 9.07. The Morgan fingerprint density at radius 2 is 1.76 bits per heavy atom. The van der Waals surface area contributed by atoms with Crippen molar-refractivity contribution in [3.05, 3.63) is 24.3 Å². The highest BCUT2D eigenvalue weighted by atomic mass is 32.1. The van der Waals surface area contributed by atoms with Gasteiger partial charge >= 0.3 is 0 Å². The van der Waals surface area contributed by atoms with E-state index in [0.717, 1.165) is 24.3 Å². The van der Waals surface area contributed by atoms with Gasteiger partial charge in [-0.2, -0.15) is 0 Å². The lowest BCUT2D eigenvalue weighted by molar-refractivity contribution is -0.119. The molecule has 0 bridgehead atoms. The summed E-state index contributed by atoms with van der Waals surface area (Å²) in [6.45, 7) is 5.91. The van der Waals surface area contributed by atoms with Crippen molar-refractivity contribution >= 4 is 28.9 Å². The molecule has 0 atom stereocenters. The highest BCUT2D eigenvalue weighted by Gasteiger charge is 2.05. The van der Waals surface area contributed by atoms with Crippen LogP contribution in [-0.2, 0) is 9.53 Å². The second kappa shape index (κ2) is 13.6. The standard InChI is InChI=1S/C19H30N2O3S/c1-3-5-6-7-8-9-18(22)21-19(25)20-16-10-12-17(13-11-16)24-15-14-23-4-2/h10-13H,3-9,14-15H2,1-2H3,(H2,20,21,22,25). The fourth-order valence-corrected chi connectivity index (χ4v) is 2.47. The molecule has 0 aliphatic carbocycles. The average molecular weight is 367 g/mol. The molecular formula is C19H30N2O3S. The van der Waals surface area contributed by atoms with Gasteiger partial charge in [-0.15, -0.1) is 0 Å². The number of unbranched alkanes of at least 4 members (excludes halogenated alkanes) is 4. The number of nitrogens with one attached hydrogen (secondary N) is 2. The zero-order valence-corrected chi connectivity index (χ0v) is 16.1. The van der Waals surface area contributed by atoms with E-state index in [2.05, 4.69) is 17.6 Å². The van der Waals surface area contributed by atoms with Crippen LogP contribution in [0, 0.1) is 0 Å². The third kappa shape index (κ3) is 10.7. The molecule has 2 N–H and O–H groups in total. The van der Waals surface area contributed by atoms with E-state index in [1.807, 2.05) is 31.2 Å². The van der Waals surface area contributed by atoms with Crippen LogP contribution >= 0.6 is 12.2 Å². The van der Waals surface area contributed by atoms with Crippen molar-refractivity contribution in [3.63, 3.8) is 0 Å². The van der Waals surface area contributed by atoms with Crippen LogP contribution in [0.1, 0.15) is 52.4 Å². The monoisotopic (exact) mass is 366 g/mol. The molecule has 1 aromatic rings. The predicted octanol–water partition coefficient (Wildman–Crippen LogP) is 4.28. The summed E-state index contributed by atoms with van der Waals surface area (Å²) in [4.78, 5) is 11.8. The SMILES string of the molecule is CCCCCCCC(=O)NC(=S)Nc1ccc(OCCOCC)cc1. The van der Waals surface area contributed by atoms with Crippen molar-refractivity contribution in [2.45, 2.75) is 52.4 Å². The molecule has 0 spiro atoms. The highest BCUT2D eigenvalue weighted by molar-refractivity contribution is 7.80. The van der Waals surface area contributed by atoms with Crippen LogP contribution in [0.15, 0.2) is 24.3 Å². The molecule has 0 radical (unpaired) electrons. The highest BCUT2D eigenvalue weighted by Crippen LogP contribution is 2.15. The molecule has 1 aromatic carbocycles. The number of carbonyl (C=O) groups excluding carboxylic acids is 1. The minimum atomic E-state index is -0.0372. The van der Waals surface area contributed by atoms with Crippen LogP contribution < -0.4 is 15.4 Å². The molecule has 1 rings (SSSR count). The van der Waals surface area contributed by atoms with Crippen molar-refractivity contribution in [2.24, 2.45) is 0 Å². The van der Waals surface area contributed by atoms with Gasteiger partial charge in [0, 0.05) is 18.7 Å². The molecule has 5 nitrogen and oxygen atoms in total. The van der Waals surface area contributed by atoms with Gasteiger partial charge in [0.25, 0.3) is 0 Å². The summed E-state index contributed by atoms with van der Waals surface area (Å²) in [5, 5.41) is 6.05. The molecule has 0 fully saturated rings. The van der Waals surface area contributed by atoms with E-state index < -0.39 is 0 Å². The number of hydrogen-bond donors (Lipinski definition) is 2. The number of rotatable bonds is 12. The summed E-state index contributed by atoms with van der Waals surface area (Å²) in [6, 6.07) is 7.43. The Kier molecular flexibility index (Phi) is 11.6. The van der Waals surface area contributed by atoms with Crippen LogP contribution in [0.5, 0.6) is 5.75 Å². The summed E-state index contributed by atoms with van der Waals surface area (Å²) in [5.41, 5.74) is 0.811. The molecular weight excluding hydrogens is 336 g/mol. The van der Waals surface area contributed by atoms with Crippen molar-refractivity contribution in [1.29, 1.82) is 0 Å². The summed E-state index contributed by atoms with van der Waals surface area (Å²) < 4.78 is 10.8. The lowest BCUT2D eigenvalue weighted by Crippen LogP contribution is -2.33. The van der Waals surface area contributed by atoms with E-state index in [0.29, 0.717) is 31.4 Å². The van der Waals surface area contributed by atoms with Gasteiger partial charge in [0.1, 0.15) is 12.4 Å². The first kappa shape index (κ1) is 21.4. The molecule has 0 aliphatic rings. The van der Waals surface area contributed by atoms with Gasteiger partial charge in [-0.05, 0) is 49.8 Å². The molecule has 6 heteroatoms. The van der Waals surface area contributed by atoms with Gasteiger partial charge in [0.2, 0.25) is 5.91 Å². The van der Waals surface area contributed by atoms with E-state index in [4.69, 9.17) is 21.7 Å². The smallest absolute Gasteiger partial charge is 0.226 e. The Bertz CT molecular complexity index is 506. The van der Waals surface area contributed by atoms with E-state index in [-0.39, 0.29) is 5.91 Å². The third-order valence-electron chi connectivity index (χ3n) is 3.57. The van der Waals surface area contributed by atoms with Crippen molar-refractivity contribution in [1.82, 2.24) is 5.32 Å². The lowest BCUT2D eigenvalue weighted by Gasteiger charge is -2.11. The number of thiocarbonyl (C=S) groups is 1. The van der Waals surface area contributed by atoms with Gasteiger partial charge in [0.15, 0.2) is 5.11 Å². The fourth-order valence-electron chi connectivity index (χ4n) is 2.24. The normalized spacial score (nSPS) is 10.3. The number of hydrogen-bond acceptors (Lipinski definition) is 4. The van der Waals surface area contributed by atoms with Crippen molar-refractivity contribution in [3.8, 4) is 5.75 Å². The quantitative estimate of drug-likeness (QED) is 0.427. The minimum absolute atomic E-state index is 0.0372. The zero-order chi connectivity index (χ0) is 18.3. The topological polar surface area (TPSA) is 59.6 Å². The molecule has 0 saturated heterocycles. The molecule has 0 heterocycles. The molecule has 1 amide bonds. The fraction of sp³-hybridized carbons (Fsp3) is 0.579. The number of benzene rings is 1. The van der Waals surface area contributed by atoms with Crippen molar-refractivity contribution < 1.29 is 14.3 Å². The van der Waals surface area contributed by atoms with Crippen LogP contribution in [0.2, 0.25) is 0 Å². The molecule has 0 aliphatic heterocycles. The molecule has 0 saturated carbocycles. The first-order chi connectivity index (χ1) is 12.2. The Hall–Kier alpha value is -1.66. The van der Waals surface area contributed by atoms with E-state index in [1.165, 1.54) is 19.3 Å². The molecule has 0 unspecified atom stereocenters. The Balaban J connectivity index is 2.23. The number of carbonyl (C=O) groups is 1. The predicted molar refractivity (Wildman–Crippen MR) is 106 cm³/mol. The Morgan fingerprint density at radius 3 is 2.44 bits per heavy atom. The van der Waals surface area contributed by atoms with Crippen LogP contribution in [-0.4, -0.2) is 30.8 Å². The van der Waals surface area contributed by atoms with Gasteiger partial charge < -0.3 is 20.1 Å². The summed E-state index contributed by atoms with van der Waals surface area (Å²) >= 11 is 5.17. The lowest BCUT2D eigenvalue weighted by atomic mass is 10.1. The maximum absolute atomic E-state index is 11.8. The van der Waals surface area contributed by atoms with Gasteiger partial charge in [-0.25, -0.2) is 0 Å². The van der Waals surface area contributed by atoms with E-state index in [1.54, 1.807) is 0 Å². The van der Waals surface area contributed by atoms with Gasteiger partial charge in [-0.3, -0.25) is 4.79 Å². The number of ether oxygens (including phenoxy) is 2. The van der Waals surface area contributed by atoms with Gasteiger partial charge in [0.05, 0.1) is 6.61 Å². The van der Waals surface area contributed by atoms with Crippen molar-refractivity contribution in [2.75, 3.05) is 25.1 Å². The first-order valence-corrected chi connectivity index (χ1v) is 9.48. The average Bonchev–Trinajstić information content (AvgIpc) is 2.60. The van der Waals surface area contributed by atoms with Gasteiger partial charge in [-0.1, -0.05) is 32.6 Å². The van der Waals surface area contributed by atoms with Crippen LogP contribution in [0.3, 0.4) is 0 Å². The maximum Gasteiger partial charge on any atom is 0.226 e. The number of anilines is 1. The molecule has 25 heavy (non-hydrogen) atoms. The minimum Gasteiger partial charge on any atom is -0.491 e. The summed E-state index contributed by atoms with van der Waals surface area (Å²) in [6.07, 6.45) is 6.13. The maximum atomic E-state index is 11.8. The van der Waals surface area contributed by atoms with E-state index >= 15 is 0 Å². The second-order valence-electron chi connectivity index (χ2n) is 5.74. The molecule has 0 aromatic heterocycles.